The maximum Gasteiger partial charge on any atom is 0.412 e. The molecule has 0 radical (unpaired) electrons. The Morgan fingerprint density at radius 2 is 1.94 bits per heavy atom. The Balaban J connectivity index is 1.86. The number of hydrogen-bond donors (Lipinski definition) is 2. The van der Waals surface area contributed by atoms with E-state index in [-0.39, 0.29) is 11.9 Å². The van der Waals surface area contributed by atoms with Crippen LogP contribution in [0.25, 0.3) is 0 Å². The van der Waals surface area contributed by atoms with Crippen LogP contribution in [0.3, 0.4) is 0 Å². The van der Waals surface area contributed by atoms with Gasteiger partial charge >= 0.3 is 6.09 Å². The average Bonchev–Trinajstić information content (AvgIpc) is 2.33. The number of anilines is 1. The van der Waals surface area contributed by atoms with E-state index >= 15 is 0 Å². The number of aromatic hydroxyl groups is 1. The van der Waals surface area contributed by atoms with Gasteiger partial charge in [0.15, 0.2) is 0 Å². The molecule has 17 heavy (non-hydrogen) atoms. The molecule has 1 aliphatic rings. The first-order valence-electron chi connectivity index (χ1n) is 6.01. The van der Waals surface area contributed by atoms with Crippen molar-refractivity contribution in [1.82, 2.24) is 0 Å². The second-order valence-electron chi connectivity index (χ2n) is 4.31. The van der Waals surface area contributed by atoms with E-state index in [1.165, 1.54) is 12.5 Å². The number of rotatable bonds is 2. The molecule has 0 unspecified atom stereocenters. The Morgan fingerprint density at radius 3 is 2.65 bits per heavy atom. The molecule has 0 aromatic heterocycles. The third-order valence-electron chi connectivity index (χ3n) is 2.97. The molecular formula is C13H17NO3. The zero-order valence-corrected chi connectivity index (χ0v) is 9.69. The van der Waals surface area contributed by atoms with Crippen molar-refractivity contribution in [3.05, 3.63) is 24.3 Å². The number of phenolic OH excluding ortho intramolecular Hbond substituents is 1. The largest absolute Gasteiger partial charge is 0.506 e. The monoisotopic (exact) mass is 235 g/mol. The van der Waals surface area contributed by atoms with Crippen LogP contribution in [0.4, 0.5) is 10.5 Å². The number of amides is 1. The lowest BCUT2D eigenvalue weighted by Gasteiger charge is -2.21. The highest BCUT2D eigenvalue weighted by molar-refractivity contribution is 5.86. The van der Waals surface area contributed by atoms with E-state index in [4.69, 9.17) is 4.74 Å². The maximum atomic E-state index is 11.6. The molecule has 1 amide bonds. The quantitative estimate of drug-likeness (QED) is 0.773. The molecule has 1 fully saturated rings. The molecule has 1 aromatic carbocycles. The maximum absolute atomic E-state index is 11.6. The first kappa shape index (κ1) is 11.8. The predicted molar refractivity (Wildman–Crippen MR) is 65.1 cm³/mol. The summed E-state index contributed by atoms with van der Waals surface area (Å²) in [6.45, 7) is 0. The minimum atomic E-state index is -0.488. The Kier molecular flexibility index (Phi) is 3.85. The summed E-state index contributed by atoms with van der Waals surface area (Å²) in [6.07, 6.45) is 4.87. The molecule has 1 saturated carbocycles. The molecule has 4 nitrogen and oxygen atoms in total. The Bertz CT molecular complexity index is 386. The van der Waals surface area contributed by atoms with Crippen LogP contribution in [0, 0.1) is 0 Å². The van der Waals surface area contributed by atoms with Crippen molar-refractivity contribution in [2.45, 2.75) is 38.2 Å². The van der Waals surface area contributed by atoms with E-state index < -0.39 is 6.09 Å². The smallest absolute Gasteiger partial charge is 0.412 e. The highest BCUT2D eigenvalue weighted by Gasteiger charge is 2.18. The van der Waals surface area contributed by atoms with Crippen LogP contribution in [0.2, 0.25) is 0 Å². The number of para-hydroxylation sites is 2. The van der Waals surface area contributed by atoms with Gasteiger partial charge in [0.25, 0.3) is 0 Å². The molecule has 0 aliphatic heterocycles. The van der Waals surface area contributed by atoms with Crippen molar-refractivity contribution < 1.29 is 14.6 Å². The van der Waals surface area contributed by atoms with Crippen LogP contribution < -0.4 is 5.32 Å². The summed E-state index contributed by atoms with van der Waals surface area (Å²) in [6, 6.07) is 6.61. The first-order valence-corrected chi connectivity index (χ1v) is 6.01. The van der Waals surface area contributed by atoms with Crippen molar-refractivity contribution in [3.63, 3.8) is 0 Å². The number of nitrogens with one attached hydrogen (secondary N) is 1. The lowest BCUT2D eigenvalue weighted by atomic mass is 9.98. The zero-order valence-electron chi connectivity index (χ0n) is 9.69. The minimum absolute atomic E-state index is 0.0228. The molecule has 1 aliphatic carbocycles. The van der Waals surface area contributed by atoms with E-state index in [2.05, 4.69) is 5.32 Å². The van der Waals surface area contributed by atoms with Crippen molar-refractivity contribution in [2.75, 3.05) is 5.32 Å². The molecule has 0 atom stereocenters. The summed E-state index contributed by atoms with van der Waals surface area (Å²) >= 11 is 0. The Morgan fingerprint density at radius 1 is 1.24 bits per heavy atom. The molecule has 0 heterocycles. The van der Waals surface area contributed by atoms with Crippen molar-refractivity contribution in [1.29, 1.82) is 0 Å². The minimum Gasteiger partial charge on any atom is -0.506 e. The Labute approximate surface area is 101 Å². The highest BCUT2D eigenvalue weighted by Crippen LogP contribution is 2.23. The van der Waals surface area contributed by atoms with Gasteiger partial charge in [0.1, 0.15) is 11.9 Å². The van der Waals surface area contributed by atoms with Gasteiger partial charge in [-0.15, -0.1) is 0 Å². The van der Waals surface area contributed by atoms with E-state index in [0.29, 0.717) is 5.69 Å². The van der Waals surface area contributed by atoms with Crippen molar-refractivity contribution >= 4 is 11.8 Å². The topological polar surface area (TPSA) is 58.6 Å². The van der Waals surface area contributed by atoms with E-state index in [1.54, 1.807) is 18.2 Å². The summed E-state index contributed by atoms with van der Waals surface area (Å²) in [7, 11) is 0. The first-order chi connectivity index (χ1) is 8.25. The van der Waals surface area contributed by atoms with E-state index in [0.717, 1.165) is 25.7 Å². The Hall–Kier alpha value is -1.71. The lowest BCUT2D eigenvalue weighted by molar-refractivity contribution is 0.0864. The van der Waals surface area contributed by atoms with Gasteiger partial charge in [-0.1, -0.05) is 18.6 Å². The number of carbonyl (C=O) groups is 1. The van der Waals surface area contributed by atoms with Gasteiger partial charge in [-0.2, -0.15) is 0 Å². The van der Waals surface area contributed by atoms with Gasteiger partial charge in [0.05, 0.1) is 5.69 Å². The van der Waals surface area contributed by atoms with Crippen molar-refractivity contribution in [2.24, 2.45) is 0 Å². The summed E-state index contributed by atoms with van der Waals surface area (Å²) in [5.41, 5.74) is 0.383. The van der Waals surface area contributed by atoms with Crippen LogP contribution in [-0.2, 0) is 4.74 Å². The fourth-order valence-electron chi connectivity index (χ4n) is 2.05. The summed E-state index contributed by atoms with van der Waals surface area (Å²) in [5, 5.41) is 12.0. The van der Waals surface area contributed by atoms with Crippen LogP contribution in [0.1, 0.15) is 32.1 Å². The van der Waals surface area contributed by atoms with Gasteiger partial charge in [-0.3, -0.25) is 5.32 Å². The van der Waals surface area contributed by atoms with Crippen LogP contribution in [0.15, 0.2) is 24.3 Å². The third kappa shape index (κ3) is 3.37. The molecule has 0 spiro atoms. The molecule has 0 bridgehead atoms. The summed E-state index contributed by atoms with van der Waals surface area (Å²) < 4.78 is 5.29. The highest BCUT2D eigenvalue weighted by atomic mass is 16.6. The van der Waals surface area contributed by atoms with Crippen LogP contribution >= 0.6 is 0 Å². The summed E-state index contributed by atoms with van der Waals surface area (Å²) in [5.74, 6) is 0.0492. The van der Waals surface area contributed by atoms with E-state index in [1.807, 2.05) is 0 Å². The van der Waals surface area contributed by atoms with Crippen LogP contribution in [-0.4, -0.2) is 17.3 Å². The van der Waals surface area contributed by atoms with Gasteiger partial charge < -0.3 is 9.84 Å². The third-order valence-corrected chi connectivity index (χ3v) is 2.97. The van der Waals surface area contributed by atoms with Gasteiger partial charge in [-0.05, 0) is 37.8 Å². The number of carbonyl (C=O) groups excluding carboxylic acids is 1. The average molecular weight is 235 g/mol. The zero-order chi connectivity index (χ0) is 12.1. The lowest BCUT2D eigenvalue weighted by Crippen LogP contribution is -2.24. The SMILES string of the molecule is O=C(Nc1ccccc1O)OC1CCCCC1. The molecule has 2 N–H and O–H groups in total. The number of benzene rings is 1. The van der Waals surface area contributed by atoms with Crippen molar-refractivity contribution in [3.8, 4) is 5.75 Å². The standard InChI is InChI=1S/C13H17NO3/c15-12-9-5-4-8-11(12)14-13(16)17-10-6-2-1-3-7-10/h4-5,8-10,15H,1-3,6-7H2,(H,14,16). The molecule has 2 rings (SSSR count). The number of phenols is 1. The van der Waals surface area contributed by atoms with Crippen LogP contribution in [0.5, 0.6) is 5.75 Å². The molecule has 4 heteroatoms. The predicted octanol–water partition coefficient (Wildman–Crippen LogP) is 3.27. The molecule has 92 valence electrons. The molecule has 1 aromatic rings. The summed E-state index contributed by atoms with van der Waals surface area (Å²) in [4.78, 5) is 11.6. The fraction of sp³-hybridized carbons (Fsp3) is 0.462. The van der Waals surface area contributed by atoms with Gasteiger partial charge in [0, 0.05) is 0 Å². The second kappa shape index (κ2) is 5.57. The normalized spacial score (nSPS) is 16.5. The molecular weight excluding hydrogens is 218 g/mol. The fourth-order valence-corrected chi connectivity index (χ4v) is 2.05. The van der Waals surface area contributed by atoms with Gasteiger partial charge in [0.2, 0.25) is 0 Å². The second-order valence-corrected chi connectivity index (χ2v) is 4.31. The molecule has 0 saturated heterocycles. The van der Waals surface area contributed by atoms with Gasteiger partial charge in [-0.25, -0.2) is 4.79 Å². The number of ether oxygens (including phenoxy) is 1. The number of hydrogen-bond acceptors (Lipinski definition) is 3. The van der Waals surface area contributed by atoms with E-state index in [9.17, 15) is 9.90 Å².